The van der Waals surface area contributed by atoms with Gasteiger partial charge in [-0.15, -0.1) is 0 Å². The molecule has 0 aliphatic carbocycles. The van der Waals surface area contributed by atoms with Gasteiger partial charge in [0.25, 0.3) is 5.91 Å². The summed E-state index contributed by atoms with van der Waals surface area (Å²) >= 11 is 1.39. The molecule has 4 nitrogen and oxygen atoms in total. The molecule has 0 unspecified atom stereocenters. The van der Waals surface area contributed by atoms with Crippen molar-refractivity contribution >= 4 is 34.6 Å². The van der Waals surface area contributed by atoms with Crippen molar-refractivity contribution in [2.24, 2.45) is 4.99 Å². The molecule has 0 saturated carbocycles. The number of hydrogen-bond donors (Lipinski definition) is 1. The summed E-state index contributed by atoms with van der Waals surface area (Å²) in [6.07, 6.45) is 1.96. The minimum Gasteiger partial charge on any atom is -0.318 e. The highest BCUT2D eigenvalue weighted by molar-refractivity contribution is 8.18. The van der Waals surface area contributed by atoms with Gasteiger partial charge < -0.3 is 9.88 Å². The quantitative estimate of drug-likeness (QED) is 0.503. The van der Waals surface area contributed by atoms with E-state index in [2.05, 4.69) is 72.9 Å². The Morgan fingerprint density at radius 1 is 0.903 bits per heavy atom. The van der Waals surface area contributed by atoms with E-state index >= 15 is 0 Å². The monoisotopic (exact) mass is 429 g/mol. The first-order valence-corrected chi connectivity index (χ1v) is 11.2. The van der Waals surface area contributed by atoms with Crippen molar-refractivity contribution < 1.29 is 4.79 Å². The standard InChI is InChI=1S/C26H27N3OS/c1-15-9-16(2)11-22(10-15)27-26-28-25(30)24(31-26)14-21-13-19(5)29(20(21)6)23-8-7-17(3)18(4)12-23/h7-14H,1-6H3,(H,27,28,30)/b24-14+. The summed E-state index contributed by atoms with van der Waals surface area (Å²) in [6.45, 7) is 12.5. The van der Waals surface area contributed by atoms with E-state index in [1.54, 1.807) is 0 Å². The lowest BCUT2D eigenvalue weighted by Gasteiger charge is -2.11. The van der Waals surface area contributed by atoms with E-state index in [0.717, 1.165) is 39.5 Å². The van der Waals surface area contributed by atoms with E-state index in [9.17, 15) is 4.79 Å². The van der Waals surface area contributed by atoms with Gasteiger partial charge >= 0.3 is 0 Å². The van der Waals surface area contributed by atoms with E-state index < -0.39 is 0 Å². The molecule has 5 heteroatoms. The van der Waals surface area contributed by atoms with E-state index in [1.807, 2.05) is 32.1 Å². The summed E-state index contributed by atoms with van der Waals surface area (Å²) in [5.41, 5.74) is 10.2. The highest BCUT2D eigenvalue weighted by Crippen LogP contribution is 2.31. The van der Waals surface area contributed by atoms with Gasteiger partial charge in [-0.25, -0.2) is 4.99 Å². The van der Waals surface area contributed by atoms with Crippen LogP contribution in [0.1, 0.15) is 39.2 Å². The van der Waals surface area contributed by atoms with Gasteiger partial charge in [0.2, 0.25) is 0 Å². The molecule has 0 spiro atoms. The molecule has 158 valence electrons. The van der Waals surface area contributed by atoms with Crippen LogP contribution in [0.2, 0.25) is 0 Å². The topological polar surface area (TPSA) is 46.4 Å². The molecule has 2 aromatic carbocycles. The van der Waals surface area contributed by atoms with Crippen LogP contribution in [0.4, 0.5) is 5.69 Å². The summed E-state index contributed by atoms with van der Waals surface area (Å²) in [5.74, 6) is -0.107. The fourth-order valence-electron chi connectivity index (χ4n) is 3.95. The number of aryl methyl sites for hydroxylation is 5. The first kappa shape index (κ1) is 21.2. The second kappa shape index (κ2) is 8.23. The second-order valence-corrected chi connectivity index (χ2v) is 9.29. The van der Waals surface area contributed by atoms with Crippen molar-refractivity contribution in [2.75, 3.05) is 0 Å². The van der Waals surface area contributed by atoms with Gasteiger partial charge in [-0.05, 0) is 118 Å². The first-order chi connectivity index (χ1) is 14.7. The van der Waals surface area contributed by atoms with Gasteiger partial charge in [0.1, 0.15) is 0 Å². The zero-order valence-corrected chi connectivity index (χ0v) is 19.6. The van der Waals surface area contributed by atoms with Crippen molar-refractivity contribution in [3.8, 4) is 5.69 Å². The predicted octanol–water partition coefficient (Wildman–Crippen LogP) is 6.22. The van der Waals surface area contributed by atoms with Gasteiger partial charge in [0, 0.05) is 17.1 Å². The van der Waals surface area contributed by atoms with E-state index in [4.69, 9.17) is 0 Å². The Hall–Kier alpha value is -3.05. The molecule has 2 heterocycles. The van der Waals surface area contributed by atoms with Crippen LogP contribution in [-0.4, -0.2) is 15.6 Å². The molecule has 1 aliphatic rings. The molecule has 0 radical (unpaired) electrons. The number of carbonyl (C=O) groups is 1. The Morgan fingerprint density at radius 2 is 1.61 bits per heavy atom. The number of amides is 1. The minimum atomic E-state index is -0.107. The Labute approximate surface area is 188 Å². The fraction of sp³-hybridized carbons (Fsp3) is 0.231. The number of thioether (sulfide) groups is 1. The van der Waals surface area contributed by atoms with Crippen LogP contribution in [0.15, 0.2) is 52.4 Å². The maximum absolute atomic E-state index is 12.6. The molecular weight excluding hydrogens is 402 g/mol. The number of nitrogens with one attached hydrogen (secondary N) is 1. The van der Waals surface area contributed by atoms with Gasteiger partial charge in [-0.1, -0.05) is 12.1 Å². The number of benzene rings is 2. The van der Waals surface area contributed by atoms with E-state index in [1.165, 1.54) is 22.9 Å². The Kier molecular flexibility index (Phi) is 5.63. The zero-order valence-electron chi connectivity index (χ0n) is 18.8. The number of hydrogen-bond acceptors (Lipinski definition) is 3. The Morgan fingerprint density at radius 3 is 2.29 bits per heavy atom. The lowest BCUT2D eigenvalue weighted by molar-refractivity contribution is -0.115. The van der Waals surface area contributed by atoms with Crippen LogP contribution in [0, 0.1) is 41.5 Å². The molecule has 1 aromatic heterocycles. The fourth-order valence-corrected chi connectivity index (χ4v) is 4.78. The van der Waals surface area contributed by atoms with Crippen molar-refractivity contribution in [3.05, 3.63) is 86.6 Å². The lowest BCUT2D eigenvalue weighted by atomic mass is 10.1. The van der Waals surface area contributed by atoms with Gasteiger partial charge in [0.05, 0.1) is 10.6 Å². The maximum atomic E-state index is 12.6. The third-order valence-corrected chi connectivity index (χ3v) is 6.50. The van der Waals surface area contributed by atoms with Crippen LogP contribution >= 0.6 is 11.8 Å². The third-order valence-electron chi connectivity index (χ3n) is 5.59. The van der Waals surface area contributed by atoms with Crippen LogP contribution in [-0.2, 0) is 4.79 Å². The molecular formula is C26H27N3OS. The van der Waals surface area contributed by atoms with Crippen LogP contribution in [0.5, 0.6) is 0 Å². The lowest BCUT2D eigenvalue weighted by Crippen LogP contribution is -2.19. The predicted molar refractivity (Wildman–Crippen MR) is 131 cm³/mol. The number of rotatable bonds is 3. The smallest absolute Gasteiger partial charge is 0.264 e. The summed E-state index contributed by atoms with van der Waals surface area (Å²) < 4.78 is 2.24. The van der Waals surface area contributed by atoms with Crippen molar-refractivity contribution in [3.63, 3.8) is 0 Å². The van der Waals surface area contributed by atoms with E-state index in [-0.39, 0.29) is 5.91 Å². The number of aromatic nitrogens is 1. The number of amidine groups is 1. The SMILES string of the molecule is Cc1cc(C)cc(N=C2NC(=O)/C(=C\c3cc(C)n(-c4ccc(C)c(C)c4)c3C)S2)c1. The molecule has 0 bridgehead atoms. The second-order valence-electron chi connectivity index (χ2n) is 8.26. The minimum absolute atomic E-state index is 0.107. The van der Waals surface area contributed by atoms with Crippen molar-refractivity contribution in [2.45, 2.75) is 41.5 Å². The van der Waals surface area contributed by atoms with Gasteiger partial charge in [-0.2, -0.15) is 0 Å². The van der Waals surface area contributed by atoms with E-state index in [0.29, 0.717) is 10.1 Å². The van der Waals surface area contributed by atoms with Crippen molar-refractivity contribution in [1.29, 1.82) is 0 Å². The number of carbonyl (C=O) groups excluding carboxylic acids is 1. The summed E-state index contributed by atoms with van der Waals surface area (Å²) in [7, 11) is 0. The molecule has 1 aliphatic heterocycles. The third kappa shape index (κ3) is 4.37. The maximum Gasteiger partial charge on any atom is 0.264 e. The normalized spacial score (nSPS) is 16.4. The Balaban J connectivity index is 1.65. The van der Waals surface area contributed by atoms with Crippen LogP contribution in [0.3, 0.4) is 0 Å². The average Bonchev–Trinajstić information content (AvgIpc) is 3.15. The molecule has 1 fully saturated rings. The average molecular weight is 430 g/mol. The molecule has 1 N–H and O–H groups in total. The summed E-state index contributed by atoms with van der Waals surface area (Å²) in [6, 6.07) is 14.8. The highest BCUT2D eigenvalue weighted by Gasteiger charge is 2.24. The number of aliphatic imine (C=N–C) groups is 1. The molecule has 4 rings (SSSR count). The van der Waals surface area contributed by atoms with Gasteiger partial charge in [-0.3, -0.25) is 4.79 Å². The van der Waals surface area contributed by atoms with Gasteiger partial charge in [0.15, 0.2) is 5.17 Å². The first-order valence-electron chi connectivity index (χ1n) is 10.4. The van der Waals surface area contributed by atoms with Crippen LogP contribution < -0.4 is 5.32 Å². The summed E-state index contributed by atoms with van der Waals surface area (Å²) in [5, 5.41) is 3.51. The Bertz CT molecular complexity index is 1240. The summed E-state index contributed by atoms with van der Waals surface area (Å²) in [4.78, 5) is 17.9. The zero-order chi connectivity index (χ0) is 22.3. The van der Waals surface area contributed by atoms with Crippen LogP contribution in [0.25, 0.3) is 11.8 Å². The molecule has 1 saturated heterocycles. The molecule has 31 heavy (non-hydrogen) atoms. The molecule has 3 aromatic rings. The molecule has 1 amide bonds. The highest BCUT2D eigenvalue weighted by atomic mass is 32.2. The molecule has 0 atom stereocenters. The van der Waals surface area contributed by atoms with Crippen molar-refractivity contribution in [1.82, 2.24) is 9.88 Å². The number of nitrogens with zero attached hydrogens (tertiary/aromatic N) is 2. The largest absolute Gasteiger partial charge is 0.318 e.